The highest BCUT2D eigenvalue weighted by Gasteiger charge is 2.15. The van der Waals surface area contributed by atoms with Gasteiger partial charge in [-0.2, -0.15) is 0 Å². The maximum absolute atomic E-state index is 13.2. The van der Waals surface area contributed by atoms with Gasteiger partial charge in [0.2, 0.25) is 0 Å². The lowest BCUT2D eigenvalue weighted by Gasteiger charge is -2.12. The van der Waals surface area contributed by atoms with Crippen molar-refractivity contribution < 1.29 is 9.31 Å². The van der Waals surface area contributed by atoms with Gasteiger partial charge in [-0.15, -0.1) is 11.3 Å². The zero-order valence-corrected chi connectivity index (χ0v) is 11.1. The summed E-state index contributed by atoms with van der Waals surface area (Å²) in [5.41, 5.74) is 0.292. The van der Waals surface area contributed by atoms with Crippen molar-refractivity contribution in [3.63, 3.8) is 0 Å². The van der Waals surface area contributed by atoms with Gasteiger partial charge in [0, 0.05) is 29.1 Å². The van der Waals surface area contributed by atoms with Crippen LogP contribution in [0.5, 0.6) is 0 Å². The molecule has 1 aromatic heterocycles. The smallest absolute Gasteiger partial charge is 0.274 e. The molecular formula is C13H13FN2O2S. The number of halogens is 1. The Bertz CT molecular complexity index is 572. The maximum Gasteiger partial charge on any atom is 0.274 e. The van der Waals surface area contributed by atoms with E-state index in [4.69, 9.17) is 0 Å². The summed E-state index contributed by atoms with van der Waals surface area (Å²) in [5, 5.41) is 16.0. The second kappa shape index (κ2) is 5.90. The van der Waals surface area contributed by atoms with E-state index in [1.165, 1.54) is 12.1 Å². The van der Waals surface area contributed by atoms with Gasteiger partial charge in [-0.25, -0.2) is 4.39 Å². The number of nitro groups is 1. The van der Waals surface area contributed by atoms with Gasteiger partial charge in [-0.1, -0.05) is 6.07 Å². The number of nitrogens with one attached hydrogen (secondary N) is 1. The van der Waals surface area contributed by atoms with Gasteiger partial charge < -0.3 is 5.32 Å². The third-order valence-electron chi connectivity index (χ3n) is 2.81. The van der Waals surface area contributed by atoms with Crippen LogP contribution in [-0.4, -0.2) is 4.92 Å². The summed E-state index contributed by atoms with van der Waals surface area (Å²) in [7, 11) is 0. The summed E-state index contributed by atoms with van der Waals surface area (Å²) in [6.45, 7) is 2.23. The summed E-state index contributed by atoms with van der Waals surface area (Å²) in [6, 6.07) is 7.51. The third-order valence-corrected chi connectivity index (χ3v) is 3.86. The minimum absolute atomic E-state index is 0.0627. The van der Waals surface area contributed by atoms with Crippen molar-refractivity contribution in [2.45, 2.75) is 19.5 Å². The lowest BCUT2D eigenvalue weighted by atomic mass is 10.1. The number of benzene rings is 1. The molecule has 0 bridgehead atoms. The fraction of sp³-hybridized carbons (Fsp3) is 0.231. The van der Waals surface area contributed by atoms with E-state index in [0.717, 1.165) is 10.9 Å². The fourth-order valence-corrected chi connectivity index (χ4v) is 2.53. The Balaban J connectivity index is 2.10. The lowest BCUT2D eigenvalue weighted by molar-refractivity contribution is -0.385. The molecule has 19 heavy (non-hydrogen) atoms. The number of hydrogen-bond donors (Lipinski definition) is 1. The number of rotatable bonds is 5. The van der Waals surface area contributed by atoms with E-state index in [1.54, 1.807) is 11.3 Å². The Morgan fingerprint density at radius 3 is 2.89 bits per heavy atom. The molecule has 100 valence electrons. The summed E-state index contributed by atoms with van der Waals surface area (Å²) in [5.74, 6) is -0.467. The van der Waals surface area contributed by atoms with E-state index in [2.05, 4.69) is 5.32 Å². The highest BCUT2D eigenvalue weighted by molar-refractivity contribution is 7.10. The second-order valence-electron chi connectivity index (χ2n) is 4.15. The first-order valence-electron chi connectivity index (χ1n) is 5.77. The molecule has 6 heteroatoms. The van der Waals surface area contributed by atoms with Crippen LogP contribution < -0.4 is 5.32 Å². The molecule has 1 heterocycles. The predicted molar refractivity (Wildman–Crippen MR) is 72.6 cm³/mol. The normalized spacial score (nSPS) is 12.3. The molecule has 0 spiro atoms. The van der Waals surface area contributed by atoms with Crippen molar-refractivity contribution in [1.29, 1.82) is 0 Å². The molecule has 0 radical (unpaired) electrons. The van der Waals surface area contributed by atoms with E-state index in [0.29, 0.717) is 5.56 Å². The number of nitrogens with zero attached hydrogens (tertiary/aromatic N) is 1. The first kappa shape index (κ1) is 13.6. The SMILES string of the molecule is CC(NCc1cc(F)ccc1[N+](=O)[O-])c1cccs1. The molecule has 0 aliphatic carbocycles. The topological polar surface area (TPSA) is 55.2 Å². The molecule has 2 aromatic rings. The quantitative estimate of drug-likeness (QED) is 0.672. The molecule has 1 N–H and O–H groups in total. The molecule has 1 aromatic carbocycles. The van der Waals surface area contributed by atoms with E-state index in [1.807, 2.05) is 24.4 Å². The van der Waals surface area contributed by atoms with Crippen LogP contribution in [0, 0.1) is 15.9 Å². The average Bonchev–Trinajstić information content (AvgIpc) is 2.89. The van der Waals surface area contributed by atoms with Crippen LogP contribution in [-0.2, 0) is 6.54 Å². The molecule has 1 atom stereocenters. The van der Waals surface area contributed by atoms with Crippen LogP contribution >= 0.6 is 11.3 Å². The summed E-state index contributed by atoms with van der Waals surface area (Å²) in [6.07, 6.45) is 0. The van der Waals surface area contributed by atoms with Crippen molar-refractivity contribution in [3.05, 3.63) is 62.1 Å². The Kier molecular flexibility index (Phi) is 4.24. The van der Waals surface area contributed by atoms with Crippen molar-refractivity contribution >= 4 is 17.0 Å². The molecule has 0 aliphatic rings. The van der Waals surface area contributed by atoms with Crippen molar-refractivity contribution in [2.24, 2.45) is 0 Å². The minimum Gasteiger partial charge on any atom is -0.305 e. The van der Waals surface area contributed by atoms with Crippen molar-refractivity contribution in [3.8, 4) is 0 Å². The fourth-order valence-electron chi connectivity index (χ4n) is 1.78. The van der Waals surface area contributed by atoms with Gasteiger partial charge in [0.25, 0.3) is 5.69 Å². The molecule has 0 saturated heterocycles. The molecule has 0 fully saturated rings. The Hall–Kier alpha value is -1.79. The zero-order valence-electron chi connectivity index (χ0n) is 10.3. The minimum atomic E-state index is -0.494. The second-order valence-corrected chi connectivity index (χ2v) is 5.13. The van der Waals surface area contributed by atoms with E-state index < -0.39 is 10.7 Å². The van der Waals surface area contributed by atoms with Gasteiger partial charge in [0.05, 0.1) is 4.92 Å². The van der Waals surface area contributed by atoms with E-state index in [-0.39, 0.29) is 18.3 Å². The first-order chi connectivity index (χ1) is 9.08. The van der Waals surface area contributed by atoms with Crippen LogP contribution in [0.1, 0.15) is 23.4 Å². The highest BCUT2D eigenvalue weighted by Crippen LogP contribution is 2.22. The summed E-state index contributed by atoms with van der Waals surface area (Å²) in [4.78, 5) is 11.5. The molecule has 4 nitrogen and oxygen atoms in total. The first-order valence-corrected chi connectivity index (χ1v) is 6.65. The largest absolute Gasteiger partial charge is 0.305 e. The van der Waals surface area contributed by atoms with Crippen LogP contribution in [0.25, 0.3) is 0 Å². The molecule has 0 amide bonds. The molecule has 1 unspecified atom stereocenters. The molecule has 0 saturated carbocycles. The molecule has 2 rings (SSSR count). The van der Waals surface area contributed by atoms with Crippen LogP contribution in [0.2, 0.25) is 0 Å². The summed E-state index contributed by atoms with van der Waals surface area (Å²) < 4.78 is 13.2. The van der Waals surface area contributed by atoms with Gasteiger partial charge in [0.15, 0.2) is 0 Å². The highest BCUT2D eigenvalue weighted by atomic mass is 32.1. The third kappa shape index (κ3) is 3.36. The maximum atomic E-state index is 13.2. The zero-order chi connectivity index (χ0) is 13.8. The Morgan fingerprint density at radius 1 is 1.47 bits per heavy atom. The van der Waals surface area contributed by atoms with Crippen LogP contribution in [0.3, 0.4) is 0 Å². The van der Waals surface area contributed by atoms with E-state index in [9.17, 15) is 14.5 Å². The number of thiophene rings is 1. The van der Waals surface area contributed by atoms with Crippen LogP contribution in [0.4, 0.5) is 10.1 Å². The summed E-state index contributed by atoms with van der Waals surface area (Å²) >= 11 is 1.61. The predicted octanol–water partition coefficient (Wildman–Crippen LogP) is 3.65. The van der Waals surface area contributed by atoms with Gasteiger partial charge in [-0.05, 0) is 30.5 Å². The average molecular weight is 280 g/mol. The number of nitro benzene ring substituents is 1. The van der Waals surface area contributed by atoms with Crippen molar-refractivity contribution in [2.75, 3.05) is 0 Å². The Morgan fingerprint density at radius 2 is 2.26 bits per heavy atom. The van der Waals surface area contributed by atoms with Gasteiger partial charge >= 0.3 is 0 Å². The number of hydrogen-bond acceptors (Lipinski definition) is 4. The van der Waals surface area contributed by atoms with E-state index >= 15 is 0 Å². The standard InChI is InChI=1S/C13H13FN2O2S/c1-9(13-3-2-6-19-13)15-8-10-7-11(14)4-5-12(10)16(17)18/h2-7,9,15H,8H2,1H3. The Labute approximate surface area is 114 Å². The van der Waals surface area contributed by atoms with Crippen LogP contribution in [0.15, 0.2) is 35.7 Å². The van der Waals surface area contributed by atoms with Crippen molar-refractivity contribution in [1.82, 2.24) is 5.32 Å². The van der Waals surface area contributed by atoms with Gasteiger partial charge in [0.1, 0.15) is 5.82 Å². The lowest BCUT2D eigenvalue weighted by Crippen LogP contribution is -2.18. The molecule has 0 aliphatic heterocycles. The monoisotopic (exact) mass is 280 g/mol. The van der Waals surface area contributed by atoms with Gasteiger partial charge in [-0.3, -0.25) is 10.1 Å². The molecular weight excluding hydrogens is 267 g/mol.